The first kappa shape index (κ1) is 15.5. The van der Waals surface area contributed by atoms with Gasteiger partial charge in [0.1, 0.15) is 0 Å². The number of nitrogens with zero attached hydrogens (tertiary/aromatic N) is 1. The van der Waals surface area contributed by atoms with Crippen LogP contribution < -0.4 is 5.32 Å². The van der Waals surface area contributed by atoms with E-state index in [0.717, 1.165) is 6.04 Å². The van der Waals surface area contributed by atoms with E-state index in [2.05, 4.69) is 55.4 Å². The lowest BCUT2D eigenvalue weighted by molar-refractivity contribution is 0.199. The molecular formula is C18H30N2. The van der Waals surface area contributed by atoms with Gasteiger partial charge in [-0.1, -0.05) is 49.6 Å². The van der Waals surface area contributed by atoms with Crippen molar-refractivity contribution in [2.45, 2.75) is 58.0 Å². The van der Waals surface area contributed by atoms with Crippen molar-refractivity contribution in [3.05, 3.63) is 35.4 Å². The van der Waals surface area contributed by atoms with E-state index in [4.69, 9.17) is 0 Å². The van der Waals surface area contributed by atoms with Crippen LogP contribution in [0.3, 0.4) is 0 Å². The van der Waals surface area contributed by atoms with Gasteiger partial charge in [-0.15, -0.1) is 0 Å². The smallest absolute Gasteiger partial charge is 0.0329 e. The maximum absolute atomic E-state index is 3.48. The Bertz CT molecular complexity index is 379. The SMILES string of the molecule is CCN(CCC(NC)c1ccc(C)cc1)C1CCCC1. The first-order chi connectivity index (χ1) is 9.74. The fourth-order valence-corrected chi connectivity index (χ4v) is 3.44. The Labute approximate surface area is 124 Å². The largest absolute Gasteiger partial charge is 0.313 e. The minimum absolute atomic E-state index is 0.478. The molecule has 0 saturated heterocycles. The van der Waals surface area contributed by atoms with Crippen molar-refractivity contribution in [1.82, 2.24) is 10.2 Å². The zero-order valence-electron chi connectivity index (χ0n) is 13.4. The molecule has 2 nitrogen and oxygen atoms in total. The van der Waals surface area contributed by atoms with Crippen LogP contribution in [-0.2, 0) is 0 Å². The van der Waals surface area contributed by atoms with Crippen molar-refractivity contribution >= 4 is 0 Å². The van der Waals surface area contributed by atoms with Crippen LogP contribution in [0.4, 0.5) is 0 Å². The molecule has 1 aromatic carbocycles. The van der Waals surface area contributed by atoms with Gasteiger partial charge < -0.3 is 10.2 Å². The molecule has 1 aromatic rings. The van der Waals surface area contributed by atoms with Crippen molar-refractivity contribution in [3.8, 4) is 0 Å². The molecule has 1 aliphatic rings. The van der Waals surface area contributed by atoms with E-state index in [0.29, 0.717) is 6.04 Å². The zero-order chi connectivity index (χ0) is 14.4. The van der Waals surface area contributed by atoms with Gasteiger partial charge in [0.15, 0.2) is 0 Å². The summed E-state index contributed by atoms with van der Waals surface area (Å²) in [6.45, 7) is 6.85. The fraction of sp³-hybridized carbons (Fsp3) is 0.667. The summed E-state index contributed by atoms with van der Waals surface area (Å²) in [4.78, 5) is 2.69. The maximum Gasteiger partial charge on any atom is 0.0329 e. The molecule has 1 saturated carbocycles. The summed E-state index contributed by atoms with van der Waals surface area (Å²) in [6.07, 6.45) is 6.86. The van der Waals surface area contributed by atoms with Crippen LogP contribution in [0.25, 0.3) is 0 Å². The summed E-state index contributed by atoms with van der Waals surface area (Å²) >= 11 is 0. The molecule has 0 heterocycles. The second-order valence-electron chi connectivity index (χ2n) is 6.11. The lowest BCUT2D eigenvalue weighted by atomic mass is 10.0. The van der Waals surface area contributed by atoms with Gasteiger partial charge in [0.25, 0.3) is 0 Å². The van der Waals surface area contributed by atoms with Crippen LogP contribution in [0.1, 0.15) is 56.2 Å². The first-order valence-corrected chi connectivity index (χ1v) is 8.22. The van der Waals surface area contributed by atoms with Gasteiger partial charge in [0.2, 0.25) is 0 Å². The molecule has 20 heavy (non-hydrogen) atoms. The van der Waals surface area contributed by atoms with Gasteiger partial charge >= 0.3 is 0 Å². The molecule has 1 N–H and O–H groups in total. The third-order valence-corrected chi connectivity index (χ3v) is 4.78. The Morgan fingerprint density at radius 1 is 1.20 bits per heavy atom. The molecule has 1 fully saturated rings. The van der Waals surface area contributed by atoms with Crippen molar-refractivity contribution in [2.24, 2.45) is 0 Å². The molecule has 0 aromatic heterocycles. The highest BCUT2D eigenvalue weighted by atomic mass is 15.2. The Morgan fingerprint density at radius 3 is 2.40 bits per heavy atom. The highest BCUT2D eigenvalue weighted by molar-refractivity contribution is 5.24. The fourth-order valence-electron chi connectivity index (χ4n) is 3.44. The number of rotatable bonds is 7. The predicted molar refractivity (Wildman–Crippen MR) is 87.1 cm³/mol. The number of nitrogens with one attached hydrogen (secondary N) is 1. The van der Waals surface area contributed by atoms with Crippen molar-refractivity contribution in [2.75, 3.05) is 20.1 Å². The maximum atomic E-state index is 3.48. The predicted octanol–water partition coefficient (Wildman–Crippen LogP) is 3.91. The molecule has 1 aliphatic carbocycles. The highest BCUT2D eigenvalue weighted by Crippen LogP contribution is 2.25. The van der Waals surface area contributed by atoms with Crippen molar-refractivity contribution in [1.29, 1.82) is 0 Å². The van der Waals surface area contributed by atoms with Gasteiger partial charge in [-0.3, -0.25) is 0 Å². The van der Waals surface area contributed by atoms with Crippen LogP contribution in [0.5, 0.6) is 0 Å². The molecule has 1 atom stereocenters. The van der Waals surface area contributed by atoms with E-state index in [1.54, 1.807) is 0 Å². The third-order valence-electron chi connectivity index (χ3n) is 4.78. The number of benzene rings is 1. The van der Waals surface area contributed by atoms with Gasteiger partial charge in [0, 0.05) is 18.6 Å². The second-order valence-corrected chi connectivity index (χ2v) is 6.11. The Morgan fingerprint density at radius 2 is 1.85 bits per heavy atom. The third kappa shape index (κ3) is 4.07. The van der Waals surface area contributed by atoms with Crippen LogP contribution in [0.2, 0.25) is 0 Å². The van der Waals surface area contributed by atoms with Crippen molar-refractivity contribution < 1.29 is 0 Å². The van der Waals surface area contributed by atoms with Crippen LogP contribution >= 0.6 is 0 Å². The van der Waals surface area contributed by atoms with Crippen LogP contribution in [0, 0.1) is 6.92 Å². The summed E-state index contributed by atoms with van der Waals surface area (Å²) < 4.78 is 0. The quantitative estimate of drug-likeness (QED) is 0.811. The monoisotopic (exact) mass is 274 g/mol. The van der Waals surface area contributed by atoms with E-state index >= 15 is 0 Å². The minimum Gasteiger partial charge on any atom is -0.313 e. The Kier molecular flexibility index (Phi) is 6.06. The molecule has 2 heteroatoms. The molecular weight excluding hydrogens is 244 g/mol. The molecule has 0 radical (unpaired) electrons. The molecule has 0 amide bonds. The summed E-state index contributed by atoms with van der Waals surface area (Å²) in [6, 6.07) is 10.3. The summed E-state index contributed by atoms with van der Waals surface area (Å²) in [7, 11) is 2.08. The van der Waals surface area contributed by atoms with Gasteiger partial charge in [-0.25, -0.2) is 0 Å². The number of hydrogen-bond acceptors (Lipinski definition) is 2. The molecule has 2 rings (SSSR count). The molecule has 0 spiro atoms. The summed E-state index contributed by atoms with van der Waals surface area (Å²) in [5.74, 6) is 0. The van der Waals surface area contributed by atoms with E-state index in [-0.39, 0.29) is 0 Å². The molecule has 1 unspecified atom stereocenters. The normalized spacial score (nSPS) is 17.8. The van der Waals surface area contributed by atoms with Crippen LogP contribution in [-0.4, -0.2) is 31.1 Å². The standard InChI is InChI=1S/C18H30N2/c1-4-20(17-7-5-6-8-17)14-13-18(19-3)16-11-9-15(2)10-12-16/h9-12,17-19H,4-8,13-14H2,1-3H3. The average molecular weight is 274 g/mol. The second kappa shape index (κ2) is 7.80. The van der Waals surface area contributed by atoms with E-state index in [1.807, 2.05) is 0 Å². The Hall–Kier alpha value is -0.860. The van der Waals surface area contributed by atoms with Crippen LogP contribution in [0.15, 0.2) is 24.3 Å². The van der Waals surface area contributed by atoms with E-state index in [1.165, 1.54) is 56.3 Å². The van der Waals surface area contributed by atoms with E-state index in [9.17, 15) is 0 Å². The van der Waals surface area contributed by atoms with Gasteiger partial charge in [-0.05, 0) is 45.3 Å². The van der Waals surface area contributed by atoms with Gasteiger partial charge in [0.05, 0.1) is 0 Å². The lowest BCUT2D eigenvalue weighted by Gasteiger charge is -2.29. The number of hydrogen-bond donors (Lipinski definition) is 1. The topological polar surface area (TPSA) is 15.3 Å². The average Bonchev–Trinajstić information content (AvgIpc) is 2.99. The van der Waals surface area contributed by atoms with Gasteiger partial charge in [-0.2, -0.15) is 0 Å². The summed E-state index contributed by atoms with van der Waals surface area (Å²) in [5, 5.41) is 3.48. The molecule has 0 bridgehead atoms. The number of aryl methyl sites for hydroxylation is 1. The summed E-state index contributed by atoms with van der Waals surface area (Å²) in [5.41, 5.74) is 2.75. The Balaban J connectivity index is 1.90. The van der Waals surface area contributed by atoms with Crippen molar-refractivity contribution in [3.63, 3.8) is 0 Å². The molecule has 0 aliphatic heterocycles. The van der Waals surface area contributed by atoms with E-state index < -0.39 is 0 Å². The molecule has 112 valence electrons. The zero-order valence-corrected chi connectivity index (χ0v) is 13.4. The lowest BCUT2D eigenvalue weighted by Crippen LogP contribution is -2.35. The first-order valence-electron chi connectivity index (χ1n) is 8.22. The minimum atomic E-state index is 0.478. The highest BCUT2D eigenvalue weighted by Gasteiger charge is 2.22.